The van der Waals surface area contributed by atoms with E-state index in [1.807, 2.05) is 24.3 Å². The molecular formula is C35H41N7. The highest BCUT2D eigenvalue weighted by Crippen LogP contribution is 2.31. The summed E-state index contributed by atoms with van der Waals surface area (Å²) in [6.45, 7) is 12.1. The SMILES string of the molecule is Cc1cccc(N2CCN(CCCCN(C)c3ncnc4c3nc(-c3ccccc3)n4-c3ccccc3)C(C)C2)c1C. The van der Waals surface area contributed by atoms with Gasteiger partial charge in [0, 0.05) is 56.2 Å². The number of fused-ring (bicyclic) bond motifs is 1. The third kappa shape index (κ3) is 5.61. The Hall–Kier alpha value is -4.23. The third-order valence-corrected chi connectivity index (χ3v) is 8.70. The number of benzene rings is 3. The number of hydrogen-bond acceptors (Lipinski definition) is 6. The van der Waals surface area contributed by atoms with Gasteiger partial charge in [-0.2, -0.15) is 0 Å². The topological polar surface area (TPSA) is 53.3 Å². The maximum absolute atomic E-state index is 5.12. The average molecular weight is 560 g/mol. The van der Waals surface area contributed by atoms with E-state index < -0.39 is 0 Å². The molecule has 7 nitrogen and oxygen atoms in total. The molecule has 7 heteroatoms. The molecule has 6 rings (SSSR count). The summed E-state index contributed by atoms with van der Waals surface area (Å²) in [5, 5.41) is 0. The number of rotatable bonds is 9. The van der Waals surface area contributed by atoms with Crippen molar-refractivity contribution in [3.63, 3.8) is 0 Å². The smallest absolute Gasteiger partial charge is 0.170 e. The van der Waals surface area contributed by atoms with Gasteiger partial charge in [-0.1, -0.05) is 60.7 Å². The van der Waals surface area contributed by atoms with Gasteiger partial charge in [-0.15, -0.1) is 0 Å². The van der Waals surface area contributed by atoms with Crippen LogP contribution < -0.4 is 9.80 Å². The van der Waals surface area contributed by atoms with Crippen LogP contribution in [0.15, 0.2) is 85.2 Å². The largest absolute Gasteiger partial charge is 0.368 e. The molecule has 0 aliphatic carbocycles. The Kier molecular flexibility index (Phi) is 8.20. The molecule has 2 aromatic heterocycles. The molecule has 1 aliphatic rings. The van der Waals surface area contributed by atoms with Crippen molar-refractivity contribution in [1.29, 1.82) is 0 Å². The molecule has 1 saturated heterocycles. The first-order valence-corrected chi connectivity index (χ1v) is 15.1. The van der Waals surface area contributed by atoms with Crippen LogP contribution in [-0.2, 0) is 0 Å². The van der Waals surface area contributed by atoms with Crippen molar-refractivity contribution in [1.82, 2.24) is 24.4 Å². The van der Waals surface area contributed by atoms with Crippen molar-refractivity contribution >= 4 is 22.7 Å². The number of para-hydroxylation sites is 1. The molecule has 0 radical (unpaired) electrons. The quantitative estimate of drug-likeness (QED) is 0.192. The molecule has 1 aliphatic heterocycles. The van der Waals surface area contributed by atoms with Crippen LogP contribution in [0.5, 0.6) is 0 Å². The summed E-state index contributed by atoms with van der Waals surface area (Å²) >= 11 is 0. The number of nitrogens with zero attached hydrogens (tertiary/aromatic N) is 7. The second-order valence-electron chi connectivity index (χ2n) is 11.5. The van der Waals surface area contributed by atoms with Crippen molar-refractivity contribution in [2.45, 2.75) is 39.7 Å². The molecular weight excluding hydrogens is 518 g/mol. The van der Waals surface area contributed by atoms with Crippen LogP contribution in [0.25, 0.3) is 28.2 Å². The second kappa shape index (κ2) is 12.3. The lowest BCUT2D eigenvalue weighted by atomic mass is 10.1. The van der Waals surface area contributed by atoms with Crippen molar-refractivity contribution < 1.29 is 0 Å². The van der Waals surface area contributed by atoms with Gasteiger partial charge in [0.05, 0.1) is 0 Å². The van der Waals surface area contributed by atoms with E-state index in [0.717, 1.165) is 79.6 Å². The van der Waals surface area contributed by atoms with E-state index in [1.165, 1.54) is 16.8 Å². The van der Waals surface area contributed by atoms with E-state index in [9.17, 15) is 0 Å². The fourth-order valence-corrected chi connectivity index (χ4v) is 6.16. The Bertz CT molecular complexity index is 1630. The van der Waals surface area contributed by atoms with Crippen molar-refractivity contribution in [2.75, 3.05) is 49.6 Å². The second-order valence-corrected chi connectivity index (χ2v) is 11.5. The van der Waals surface area contributed by atoms with Gasteiger partial charge in [-0.05, 0) is 69.5 Å². The molecule has 0 amide bonds. The lowest BCUT2D eigenvalue weighted by Crippen LogP contribution is -2.52. The summed E-state index contributed by atoms with van der Waals surface area (Å²) in [7, 11) is 2.12. The van der Waals surface area contributed by atoms with E-state index in [4.69, 9.17) is 15.0 Å². The zero-order valence-electron chi connectivity index (χ0n) is 25.2. The van der Waals surface area contributed by atoms with Crippen LogP contribution in [0.3, 0.4) is 0 Å². The van der Waals surface area contributed by atoms with E-state index in [1.54, 1.807) is 6.33 Å². The fraction of sp³-hybridized carbons (Fsp3) is 0.343. The lowest BCUT2D eigenvalue weighted by molar-refractivity contribution is 0.186. The number of piperazine rings is 1. The van der Waals surface area contributed by atoms with Crippen LogP contribution in [0.1, 0.15) is 30.9 Å². The summed E-state index contributed by atoms with van der Waals surface area (Å²) < 4.78 is 2.14. The van der Waals surface area contributed by atoms with Gasteiger partial charge in [0.25, 0.3) is 0 Å². The van der Waals surface area contributed by atoms with Crippen LogP contribution in [0.2, 0.25) is 0 Å². The molecule has 1 unspecified atom stereocenters. The summed E-state index contributed by atoms with van der Waals surface area (Å²) in [5.74, 6) is 1.75. The van der Waals surface area contributed by atoms with Gasteiger partial charge in [-0.25, -0.2) is 15.0 Å². The van der Waals surface area contributed by atoms with Crippen LogP contribution in [0, 0.1) is 13.8 Å². The standard InChI is InChI=1S/C35H41N7/c1-26-14-13-19-31(28(26)3)41-23-22-40(27(2)24-41)21-12-11-20-39(4)34-32-35(37-25-36-34)42(30-17-9-6-10-18-30)33(38-32)29-15-7-5-8-16-29/h5-10,13-19,25,27H,11-12,20-24H2,1-4H3. The minimum atomic E-state index is 0.538. The van der Waals surface area contributed by atoms with E-state index >= 15 is 0 Å². The van der Waals surface area contributed by atoms with Gasteiger partial charge >= 0.3 is 0 Å². The van der Waals surface area contributed by atoms with E-state index in [0.29, 0.717) is 6.04 Å². The zero-order valence-corrected chi connectivity index (χ0v) is 25.2. The predicted molar refractivity (Wildman–Crippen MR) is 174 cm³/mol. The maximum atomic E-state index is 5.12. The first-order valence-electron chi connectivity index (χ1n) is 15.1. The van der Waals surface area contributed by atoms with Crippen molar-refractivity contribution in [3.8, 4) is 17.1 Å². The first kappa shape index (κ1) is 27.9. The molecule has 0 bridgehead atoms. The average Bonchev–Trinajstić information content (AvgIpc) is 3.42. The van der Waals surface area contributed by atoms with Crippen LogP contribution >= 0.6 is 0 Å². The Labute approximate surface area is 249 Å². The number of hydrogen-bond donors (Lipinski definition) is 0. The predicted octanol–water partition coefficient (Wildman–Crippen LogP) is 6.53. The van der Waals surface area contributed by atoms with Crippen molar-refractivity contribution in [3.05, 3.63) is 96.3 Å². The lowest BCUT2D eigenvalue weighted by Gasteiger charge is -2.41. The normalized spacial score (nSPS) is 15.8. The first-order chi connectivity index (χ1) is 20.5. The monoisotopic (exact) mass is 559 g/mol. The summed E-state index contributed by atoms with van der Waals surface area (Å²) in [4.78, 5) is 22.0. The molecule has 0 spiro atoms. The number of anilines is 2. The molecule has 216 valence electrons. The Morgan fingerprint density at radius 1 is 0.857 bits per heavy atom. The Morgan fingerprint density at radius 3 is 2.38 bits per heavy atom. The van der Waals surface area contributed by atoms with Gasteiger partial charge in [-0.3, -0.25) is 9.47 Å². The van der Waals surface area contributed by atoms with Gasteiger partial charge in [0.2, 0.25) is 0 Å². The third-order valence-electron chi connectivity index (χ3n) is 8.70. The highest BCUT2D eigenvalue weighted by Gasteiger charge is 2.25. The van der Waals surface area contributed by atoms with Crippen LogP contribution in [-0.4, -0.2) is 70.2 Å². The minimum absolute atomic E-state index is 0.538. The molecule has 5 aromatic rings. The summed E-state index contributed by atoms with van der Waals surface area (Å²) in [6, 6.07) is 27.9. The number of unbranched alkanes of at least 4 members (excludes halogenated alkanes) is 1. The van der Waals surface area contributed by atoms with Gasteiger partial charge in [0.15, 0.2) is 17.0 Å². The van der Waals surface area contributed by atoms with E-state index in [-0.39, 0.29) is 0 Å². The molecule has 42 heavy (non-hydrogen) atoms. The number of aromatic nitrogens is 4. The summed E-state index contributed by atoms with van der Waals surface area (Å²) in [5.41, 5.74) is 7.92. The van der Waals surface area contributed by atoms with Gasteiger partial charge < -0.3 is 9.80 Å². The van der Waals surface area contributed by atoms with Gasteiger partial charge in [0.1, 0.15) is 12.2 Å². The Balaban J connectivity index is 1.12. The van der Waals surface area contributed by atoms with E-state index in [2.05, 4.69) is 102 Å². The number of imidazole rings is 1. The molecule has 0 N–H and O–H groups in total. The highest BCUT2D eigenvalue weighted by molar-refractivity contribution is 5.88. The van der Waals surface area contributed by atoms with Crippen LogP contribution in [0.4, 0.5) is 11.5 Å². The molecule has 3 heterocycles. The molecule has 3 aromatic carbocycles. The van der Waals surface area contributed by atoms with Crippen molar-refractivity contribution in [2.24, 2.45) is 0 Å². The minimum Gasteiger partial charge on any atom is -0.368 e. The summed E-state index contributed by atoms with van der Waals surface area (Å²) in [6.07, 6.45) is 3.91. The zero-order chi connectivity index (χ0) is 29.1. The Morgan fingerprint density at radius 2 is 1.62 bits per heavy atom. The number of aryl methyl sites for hydroxylation is 1. The highest BCUT2D eigenvalue weighted by atomic mass is 15.3. The fourth-order valence-electron chi connectivity index (χ4n) is 6.16. The molecule has 1 atom stereocenters. The maximum Gasteiger partial charge on any atom is 0.170 e. The molecule has 1 fully saturated rings. The molecule has 0 saturated carbocycles.